The van der Waals surface area contributed by atoms with Crippen molar-refractivity contribution in [1.82, 2.24) is 10.2 Å². The van der Waals surface area contributed by atoms with Crippen LogP contribution in [0.4, 0.5) is 11.4 Å². The van der Waals surface area contributed by atoms with Crippen LogP contribution in [0.1, 0.15) is 34.3 Å². The molecule has 0 bridgehead atoms. The number of anilines is 2. The van der Waals surface area contributed by atoms with Crippen molar-refractivity contribution in [3.05, 3.63) is 59.2 Å². The van der Waals surface area contributed by atoms with Crippen LogP contribution >= 0.6 is 0 Å². The summed E-state index contributed by atoms with van der Waals surface area (Å²) < 4.78 is 0. The molecule has 6 nitrogen and oxygen atoms in total. The number of carbonyl (C=O) groups excluding carboxylic acids is 1. The van der Waals surface area contributed by atoms with Gasteiger partial charge in [0, 0.05) is 19.7 Å². The molecule has 2 aliphatic rings. The van der Waals surface area contributed by atoms with Crippen LogP contribution < -0.4 is 16.0 Å². The van der Waals surface area contributed by atoms with Crippen molar-refractivity contribution in [2.24, 2.45) is 4.99 Å². The maximum absolute atomic E-state index is 12.4. The van der Waals surface area contributed by atoms with Gasteiger partial charge in [0.25, 0.3) is 5.91 Å². The lowest BCUT2D eigenvalue weighted by Crippen LogP contribution is -2.57. The number of hydrogen-bond donors (Lipinski definition) is 3. The minimum Gasteiger partial charge on any atom is -0.371 e. The van der Waals surface area contributed by atoms with Gasteiger partial charge in [0.1, 0.15) is 5.84 Å². The van der Waals surface area contributed by atoms with E-state index in [2.05, 4.69) is 47.1 Å². The zero-order chi connectivity index (χ0) is 20.4. The Labute approximate surface area is 172 Å². The molecule has 4 rings (SSSR count). The highest BCUT2D eigenvalue weighted by Gasteiger charge is 2.41. The van der Waals surface area contributed by atoms with Gasteiger partial charge in [-0.05, 0) is 56.6 Å². The predicted octanol–water partition coefficient (Wildman–Crippen LogP) is 3.26. The van der Waals surface area contributed by atoms with Crippen molar-refractivity contribution >= 4 is 23.1 Å². The van der Waals surface area contributed by atoms with Gasteiger partial charge in [-0.15, -0.1) is 0 Å². The molecule has 6 heteroatoms. The van der Waals surface area contributed by atoms with E-state index in [1.54, 1.807) is 19.0 Å². The molecular weight excluding hydrogens is 362 g/mol. The summed E-state index contributed by atoms with van der Waals surface area (Å²) in [4.78, 5) is 19.0. The first-order chi connectivity index (χ1) is 14.0. The monoisotopic (exact) mass is 391 g/mol. The minimum absolute atomic E-state index is 0.00463. The topological polar surface area (TPSA) is 68.8 Å². The van der Waals surface area contributed by atoms with Gasteiger partial charge >= 0.3 is 0 Å². The van der Waals surface area contributed by atoms with Crippen molar-refractivity contribution in [3.8, 4) is 0 Å². The third-order valence-corrected chi connectivity index (χ3v) is 5.71. The van der Waals surface area contributed by atoms with Crippen molar-refractivity contribution < 1.29 is 4.79 Å². The van der Waals surface area contributed by atoms with Gasteiger partial charge in [-0.3, -0.25) is 9.79 Å². The van der Waals surface area contributed by atoms with Gasteiger partial charge in [-0.25, -0.2) is 0 Å². The summed E-state index contributed by atoms with van der Waals surface area (Å²) in [5.41, 5.74) is 4.84. The Morgan fingerprint density at radius 1 is 1.10 bits per heavy atom. The lowest BCUT2D eigenvalue weighted by molar-refractivity contribution is 0.0827. The molecule has 152 valence electrons. The molecule has 0 atom stereocenters. The van der Waals surface area contributed by atoms with E-state index in [1.807, 2.05) is 18.2 Å². The van der Waals surface area contributed by atoms with E-state index < -0.39 is 0 Å². The summed E-state index contributed by atoms with van der Waals surface area (Å²) in [6.45, 7) is 4.63. The van der Waals surface area contributed by atoms with E-state index in [0.717, 1.165) is 43.1 Å². The van der Waals surface area contributed by atoms with Crippen LogP contribution in [-0.4, -0.2) is 49.4 Å². The maximum atomic E-state index is 12.4. The number of nitrogens with zero attached hydrogens (tertiary/aromatic N) is 2. The van der Waals surface area contributed by atoms with Crippen LogP contribution in [0.3, 0.4) is 0 Å². The number of nitrogens with one attached hydrogen (secondary N) is 3. The van der Waals surface area contributed by atoms with E-state index >= 15 is 0 Å². The number of aliphatic imine (C=N–C) groups is 1. The molecule has 3 N–H and O–H groups in total. The minimum atomic E-state index is -0.199. The second kappa shape index (κ2) is 7.87. The summed E-state index contributed by atoms with van der Waals surface area (Å²) in [7, 11) is 3.54. The number of rotatable bonds is 3. The van der Waals surface area contributed by atoms with Gasteiger partial charge in [0.2, 0.25) is 0 Å². The lowest BCUT2D eigenvalue weighted by Gasteiger charge is -2.44. The number of amidine groups is 1. The summed E-state index contributed by atoms with van der Waals surface area (Å²) in [5, 5.41) is 10.8. The Balaban J connectivity index is 1.68. The van der Waals surface area contributed by atoms with Crippen molar-refractivity contribution in [1.29, 1.82) is 0 Å². The Morgan fingerprint density at radius 3 is 2.62 bits per heavy atom. The number of carbonyl (C=O) groups is 1. The third-order valence-electron chi connectivity index (χ3n) is 5.71. The molecule has 2 aromatic rings. The van der Waals surface area contributed by atoms with E-state index in [4.69, 9.17) is 4.99 Å². The average Bonchev–Trinajstić information content (AvgIpc) is 2.72. The van der Waals surface area contributed by atoms with Crippen molar-refractivity contribution in [2.75, 3.05) is 37.8 Å². The van der Waals surface area contributed by atoms with Gasteiger partial charge in [-0.2, -0.15) is 0 Å². The Bertz CT molecular complexity index is 944. The molecule has 2 heterocycles. The third kappa shape index (κ3) is 3.98. The molecule has 0 radical (unpaired) electrons. The first-order valence-electron chi connectivity index (χ1n) is 10.2. The van der Waals surface area contributed by atoms with Crippen molar-refractivity contribution in [2.45, 2.75) is 31.8 Å². The molecular formula is C23H29N5O. The van der Waals surface area contributed by atoms with E-state index in [-0.39, 0.29) is 11.4 Å². The number of hydrogen-bond acceptors (Lipinski definition) is 4. The number of fused-ring (bicyclic) bond motifs is 1. The maximum Gasteiger partial charge on any atom is 0.253 e. The number of piperidine rings is 1. The predicted molar refractivity (Wildman–Crippen MR) is 119 cm³/mol. The number of amides is 1. The molecule has 1 spiro atoms. The van der Waals surface area contributed by atoms with E-state index in [1.165, 1.54) is 11.1 Å². The molecule has 1 amide bonds. The van der Waals surface area contributed by atoms with Crippen LogP contribution in [0.2, 0.25) is 0 Å². The van der Waals surface area contributed by atoms with Gasteiger partial charge in [-0.1, -0.05) is 29.8 Å². The fourth-order valence-corrected chi connectivity index (χ4v) is 4.10. The highest BCUT2D eigenvalue weighted by molar-refractivity contribution is 6.10. The summed E-state index contributed by atoms with van der Waals surface area (Å²) in [6, 6.07) is 14.3. The van der Waals surface area contributed by atoms with Crippen LogP contribution in [0.5, 0.6) is 0 Å². The second-order valence-electron chi connectivity index (χ2n) is 8.20. The quantitative estimate of drug-likeness (QED) is 0.751. The van der Waals surface area contributed by atoms with E-state index in [0.29, 0.717) is 12.1 Å². The zero-order valence-electron chi connectivity index (χ0n) is 17.4. The summed E-state index contributed by atoms with van der Waals surface area (Å²) >= 11 is 0. The fraction of sp³-hybridized carbons (Fsp3) is 0.391. The van der Waals surface area contributed by atoms with Gasteiger partial charge < -0.3 is 20.9 Å². The first-order valence-corrected chi connectivity index (χ1v) is 10.2. The lowest BCUT2D eigenvalue weighted by atomic mass is 9.84. The Morgan fingerprint density at radius 2 is 1.90 bits per heavy atom. The molecule has 0 saturated carbocycles. The standard InChI is InChI=1S/C23H29N5O/c1-16-5-4-6-17(13-16)15-25-22-23(9-11-24-12-10-23)27-19-8-7-18(14-20(19)26-22)21(29)28(2)3/h4-8,13-14,24,27H,9-12,15H2,1-3H3,(H,25,26). The highest BCUT2D eigenvalue weighted by Crippen LogP contribution is 2.36. The fourth-order valence-electron chi connectivity index (χ4n) is 4.10. The molecule has 29 heavy (non-hydrogen) atoms. The van der Waals surface area contributed by atoms with Crippen molar-refractivity contribution in [3.63, 3.8) is 0 Å². The van der Waals surface area contributed by atoms with Crippen LogP contribution in [0.25, 0.3) is 0 Å². The molecule has 1 fully saturated rings. The van der Waals surface area contributed by atoms with Crippen LogP contribution in [0.15, 0.2) is 47.5 Å². The molecule has 0 aromatic heterocycles. The number of aryl methyl sites for hydroxylation is 1. The van der Waals surface area contributed by atoms with Gasteiger partial charge in [0.15, 0.2) is 0 Å². The summed E-state index contributed by atoms with van der Waals surface area (Å²) in [6.07, 6.45) is 1.93. The summed E-state index contributed by atoms with van der Waals surface area (Å²) in [5.74, 6) is 0.956. The Hall–Kier alpha value is -2.86. The molecule has 2 aromatic carbocycles. The van der Waals surface area contributed by atoms with Gasteiger partial charge in [0.05, 0.1) is 23.5 Å². The zero-order valence-corrected chi connectivity index (χ0v) is 17.4. The first kappa shape index (κ1) is 19.5. The second-order valence-corrected chi connectivity index (χ2v) is 8.20. The number of benzene rings is 2. The smallest absolute Gasteiger partial charge is 0.253 e. The van der Waals surface area contributed by atoms with Crippen LogP contribution in [0, 0.1) is 6.92 Å². The molecule has 1 saturated heterocycles. The Kier molecular flexibility index (Phi) is 5.28. The van der Waals surface area contributed by atoms with Crippen LogP contribution in [-0.2, 0) is 6.54 Å². The largest absolute Gasteiger partial charge is 0.371 e. The normalized spacial score (nSPS) is 18.7. The molecule has 0 unspecified atom stereocenters. The SMILES string of the molecule is Cc1cccc(CN=C2Nc3cc(C(=O)N(C)C)ccc3NC23CCNCC3)c1. The molecule has 0 aliphatic carbocycles. The molecule has 2 aliphatic heterocycles. The average molecular weight is 392 g/mol. The highest BCUT2D eigenvalue weighted by atomic mass is 16.2. The van der Waals surface area contributed by atoms with E-state index in [9.17, 15) is 4.79 Å².